The van der Waals surface area contributed by atoms with Crippen LogP contribution in [0.2, 0.25) is 0 Å². The molecule has 0 spiro atoms. The zero-order chi connectivity index (χ0) is 18.4. The number of ether oxygens (including phenoxy) is 1. The molecular weight excluding hydrogens is 364 g/mol. The van der Waals surface area contributed by atoms with Crippen molar-refractivity contribution in [3.8, 4) is 5.75 Å². The summed E-state index contributed by atoms with van der Waals surface area (Å²) in [6.07, 6.45) is 2.95. The lowest BCUT2D eigenvalue weighted by Crippen LogP contribution is -3.05. The first-order valence-electron chi connectivity index (χ1n) is 8.56. The van der Waals surface area contributed by atoms with Gasteiger partial charge in [0.1, 0.15) is 5.75 Å². The highest BCUT2D eigenvalue weighted by Crippen LogP contribution is 2.33. The second-order valence-electron chi connectivity index (χ2n) is 6.38. The number of aromatic nitrogens is 1. The van der Waals surface area contributed by atoms with Crippen molar-refractivity contribution in [3.05, 3.63) is 65.9 Å². The molecule has 0 aliphatic carbocycles. The van der Waals surface area contributed by atoms with Crippen LogP contribution in [-0.4, -0.2) is 30.9 Å². The van der Waals surface area contributed by atoms with Gasteiger partial charge in [-0.05, 0) is 23.3 Å². The largest absolute Gasteiger partial charge is 0.417 e. The summed E-state index contributed by atoms with van der Waals surface area (Å²) < 4.78 is 5.65. The lowest BCUT2D eigenvalue weighted by molar-refractivity contribution is -0.858. The third kappa shape index (κ3) is 5.06. The van der Waals surface area contributed by atoms with Crippen LogP contribution in [-0.2, 0) is 12.2 Å². The number of fused-ring (bicyclic) bond motifs is 1. The van der Waals surface area contributed by atoms with Crippen LogP contribution < -0.4 is 9.64 Å². The molecule has 2 N–H and O–H groups in total. The number of hydrogen-bond donors (Lipinski definition) is 2. The normalized spacial score (nSPS) is 11.2. The van der Waals surface area contributed by atoms with Crippen LogP contribution in [0.5, 0.6) is 5.75 Å². The first-order chi connectivity index (χ1) is 12.6. The second-order valence-corrected chi connectivity index (χ2v) is 8.61. The Morgan fingerprint density at radius 2 is 1.92 bits per heavy atom. The molecule has 1 aromatic heterocycles. The molecule has 0 atom stereocenters. The van der Waals surface area contributed by atoms with Crippen LogP contribution in [0.4, 0.5) is 4.79 Å². The predicted molar refractivity (Wildman–Crippen MR) is 111 cm³/mol. The molecule has 0 aliphatic heterocycles. The Kier molecular flexibility index (Phi) is 6.66. The van der Waals surface area contributed by atoms with E-state index in [4.69, 9.17) is 4.74 Å². The van der Waals surface area contributed by atoms with Gasteiger partial charge < -0.3 is 14.6 Å². The predicted octanol–water partition coefficient (Wildman–Crippen LogP) is 3.94. The second kappa shape index (κ2) is 9.16. The average molecular weight is 388 g/mol. The third-order valence-corrected chi connectivity index (χ3v) is 5.94. The number of aromatic amines is 1. The lowest BCUT2D eigenvalue weighted by atomic mass is 10.1. The summed E-state index contributed by atoms with van der Waals surface area (Å²) in [5, 5.41) is 0.722. The van der Waals surface area contributed by atoms with Crippen molar-refractivity contribution < 1.29 is 14.4 Å². The van der Waals surface area contributed by atoms with Gasteiger partial charge in [-0.3, -0.25) is 0 Å². The summed E-state index contributed by atoms with van der Waals surface area (Å²) in [7, 11) is 6.90. The molecular formula is C20H23N2O2S2+. The average Bonchev–Trinajstić information content (AvgIpc) is 3.05. The maximum atomic E-state index is 12.3. The first kappa shape index (κ1) is 18.9. The van der Waals surface area contributed by atoms with E-state index in [2.05, 4.69) is 31.2 Å². The molecule has 0 saturated carbocycles. The Morgan fingerprint density at radius 3 is 2.69 bits per heavy atom. The molecule has 3 rings (SSSR count). The van der Waals surface area contributed by atoms with Crippen LogP contribution in [0, 0.1) is 0 Å². The number of likely N-dealkylation sites (N-methyl/N-ethyl adjacent to an activating group) is 1. The van der Waals surface area contributed by atoms with Gasteiger partial charge in [0.2, 0.25) is 0 Å². The molecule has 0 bridgehead atoms. The Bertz CT molecular complexity index is 863. The van der Waals surface area contributed by atoms with Gasteiger partial charge in [-0.15, -0.1) is 0 Å². The molecule has 6 heteroatoms. The molecule has 0 amide bonds. The molecule has 1 heterocycles. The number of rotatable bonds is 7. The van der Waals surface area contributed by atoms with Crippen LogP contribution in [0.25, 0.3) is 10.9 Å². The monoisotopic (exact) mass is 387 g/mol. The molecule has 0 fully saturated rings. The van der Waals surface area contributed by atoms with E-state index in [0.29, 0.717) is 5.75 Å². The maximum absolute atomic E-state index is 12.3. The fourth-order valence-corrected chi connectivity index (χ4v) is 4.30. The number of benzene rings is 2. The number of quaternary nitrogens is 1. The van der Waals surface area contributed by atoms with Crippen LogP contribution in [0.3, 0.4) is 0 Å². The summed E-state index contributed by atoms with van der Waals surface area (Å²) >= 11 is 0. The minimum absolute atomic E-state index is 0.288. The molecule has 0 unspecified atom stereocenters. The first-order valence-corrected chi connectivity index (χ1v) is 10.9. The van der Waals surface area contributed by atoms with Crippen molar-refractivity contribution in [1.82, 2.24) is 4.98 Å². The van der Waals surface area contributed by atoms with E-state index in [1.807, 2.05) is 42.6 Å². The highest BCUT2D eigenvalue weighted by atomic mass is 33.1. The van der Waals surface area contributed by atoms with E-state index >= 15 is 0 Å². The van der Waals surface area contributed by atoms with Crippen molar-refractivity contribution in [1.29, 1.82) is 0 Å². The van der Waals surface area contributed by atoms with Gasteiger partial charge in [-0.1, -0.05) is 47.2 Å². The smallest absolute Gasteiger partial charge is 0.383 e. The lowest BCUT2D eigenvalue weighted by Gasteiger charge is -2.09. The van der Waals surface area contributed by atoms with Gasteiger partial charge in [0.05, 0.1) is 20.6 Å². The summed E-state index contributed by atoms with van der Waals surface area (Å²) in [5.74, 6) is 1.40. The van der Waals surface area contributed by atoms with E-state index in [-0.39, 0.29) is 5.30 Å². The minimum Gasteiger partial charge on any atom is -0.417 e. The maximum Gasteiger partial charge on any atom is 0.383 e. The van der Waals surface area contributed by atoms with E-state index in [0.717, 1.165) is 40.4 Å². The SMILES string of the molecule is C[NH+](C)CCc1c[nH]c2cccc(OC(=O)SSCc3ccccc3)c12. The molecule has 3 aromatic rings. The fourth-order valence-electron chi connectivity index (χ4n) is 2.71. The Morgan fingerprint density at radius 1 is 1.12 bits per heavy atom. The van der Waals surface area contributed by atoms with Crippen LogP contribution >= 0.6 is 21.6 Å². The number of hydrogen-bond acceptors (Lipinski definition) is 4. The Balaban J connectivity index is 1.64. The number of carbonyl (C=O) groups is 1. The van der Waals surface area contributed by atoms with Crippen molar-refractivity contribution in [3.63, 3.8) is 0 Å². The van der Waals surface area contributed by atoms with E-state index < -0.39 is 0 Å². The highest BCUT2D eigenvalue weighted by molar-refractivity contribution is 8.81. The molecule has 4 nitrogen and oxygen atoms in total. The Hall–Kier alpha value is -1.89. The standard InChI is InChI=1S/C20H22N2O2S2/c1-22(2)12-11-16-13-21-17-9-6-10-18(19(16)17)24-20(23)26-25-14-15-7-4-3-5-8-15/h3-10,13,21H,11-12,14H2,1-2H3/p+1. The molecule has 136 valence electrons. The zero-order valence-electron chi connectivity index (χ0n) is 15.0. The van der Waals surface area contributed by atoms with Gasteiger partial charge >= 0.3 is 5.30 Å². The van der Waals surface area contributed by atoms with Gasteiger partial charge in [0.15, 0.2) is 0 Å². The van der Waals surface area contributed by atoms with Crippen LogP contribution in [0.15, 0.2) is 54.7 Å². The number of H-pyrrole nitrogens is 1. The van der Waals surface area contributed by atoms with Crippen molar-refractivity contribution in [2.24, 2.45) is 0 Å². The van der Waals surface area contributed by atoms with E-state index in [9.17, 15) is 4.79 Å². The molecule has 0 radical (unpaired) electrons. The van der Waals surface area contributed by atoms with Gasteiger partial charge in [0, 0.05) is 40.1 Å². The fraction of sp³-hybridized carbons (Fsp3) is 0.250. The van der Waals surface area contributed by atoms with E-state index in [1.54, 1.807) is 0 Å². The third-order valence-electron chi connectivity index (χ3n) is 4.03. The zero-order valence-corrected chi connectivity index (χ0v) is 16.6. The quantitative estimate of drug-likeness (QED) is 0.476. The molecule has 2 aromatic carbocycles. The summed E-state index contributed by atoms with van der Waals surface area (Å²) in [6, 6.07) is 15.9. The van der Waals surface area contributed by atoms with Gasteiger partial charge in [0.25, 0.3) is 0 Å². The van der Waals surface area contributed by atoms with Crippen molar-refractivity contribution in [2.75, 3.05) is 20.6 Å². The molecule has 26 heavy (non-hydrogen) atoms. The van der Waals surface area contributed by atoms with Crippen molar-refractivity contribution in [2.45, 2.75) is 12.2 Å². The van der Waals surface area contributed by atoms with E-state index in [1.165, 1.54) is 26.8 Å². The number of carbonyl (C=O) groups excluding carboxylic acids is 1. The molecule has 0 aliphatic rings. The minimum atomic E-state index is -0.288. The van der Waals surface area contributed by atoms with Crippen molar-refractivity contribution >= 4 is 37.8 Å². The number of nitrogens with one attached hydrogen (secondary N) is 2. The highest BCUT2D eigenvalue weighted by Gasteiger charge is 2.14. The van der Waals surface area contributed by atoms with Crippen LogP contribution in [0.1, 0.15) is 11.1 Å². The summed E-state index contributed by atoms with van der Waals surface area (Å²) in [6.45, 7) is 1.02. The summed E-state index contributed by atoms with van der Waals surface area (Å²) in [5.41, 5.74) is 3.38. The Labute approximate surface area is 161 Å². The van der Waals surface area contributed by atoms with Gasteiger partial charge in [-0.2, -0.15) is 0 Å². The topological polar surface area (TPSA) is 46.5 Å². The molecule has 0 saturated heterocycles. The summed E-state index contributed by atoms with van der Waals surface area (Å²) in [4.78, 5) is 16.9. The van der Waals surface area contributed by atoms with Gasteiger partial charge in [-0.25, -0.2) is 4.79 Å².